The summed E-state index contributed by atoms with van der Waals surface area (Å²) in [4.78, 5) is 17.8. The predicted octanol–water partition coefficient (Wildman–Crippen LogP) is 5.55. The third-order valence-corrected chi connectivity index (χ3v) is 5.75. The van der Waals surface area contributed by atoms with E-state index in [1.54, 1.807) is 24.7 Å². The second-order valence-electron chi connectivity index (χ2n) is 7.66. The Kier molecular flexibility index (Phi) is 6.02. The van der Waals surface area contributed by atoms with Crippen LogP contribution in [0, 0.1) is 6.92 Å². The van der Waals surface area contributed by atoms with Crippen LogP contribution in [0.15, 0.2) is 71.5 Å². The number of carbonyl (C=O) groups excluding carboxylic acids is 1. The van der Waals surface area contributed by atoms with Gasteiger partial charge in [0.2, 0.25) is 0 Å². The zero-order chi connectivity index (χ0) is 20.2. The van der Waals surface area contributed by atoms with Gasteiger partial charge in [-0.25, -0.2) is 0 Å². The molecule has 1 fully saturated rings. The van der Waals surface area contributed by atoms with Crippen molar-refractivity contribution in [3.8, 4) is 0 Å². The Hall–Kier alpha value is -2.56. The highest BCUT2D eigenvalue weighted by Crippen LogP contribution is 2.27. The van der Waals surface area contributed by atoms with E-state index in [0.717, 1.165) is 38.2 Å². The van der Waals surface area contributed by atoms with Gasteiger partial charge >= 0.3 is 0 Å². The van der Waals surface area contributed by atoms with Crippen molar-refractivity contribution in [2.75, 3.05) is 18.0 Å². The van der Waals surface area contributed by atoms with Crippen molar-refractivity contribution in [1.29, 1.82) is 0 Å². The monoisotopic (exact) mass is 408 g/mol. The van der Waals surface area contributed by atoms with Gasteiger partial charge in [-0.3, -0.25) is 9.69 Å². The minimum Gasteiger partial charge on any atom is -0.472 e. The molecule has 0 bridgehead atoms. The van der Waals surface area contributed by atoms with Gasteiger partial charge in [0.05, 0.1) is 12.5 Å². The molecule has 1 aliphatic rings. The molecule has 0 radical (unpaired) electrons. The molecule has 5 heteroatoms. The van der Waals surface area contributed by atoms with Gasteiger partial charge in [-0.15, -0.1) is 0 Å². The number of hydrogen-bond donors (Lipinski definition) is 0. The maximum absolute atomic E-state index is 13.5. The van der Waals surface area contributed by atoms with E-state index in [1.165, 1.54) is 11.1 Å². The van der Waals surface area contributed by atoms with Crippen LogP contribution in [0.25, 0.3) is 0 Å². The molecule has 1 aliphatic heterocycles. The molecule has 0 saturated carbocycles. The second kappa shape index (κ2) is 8.85. The Labute approximate surface area is 176 Å². The maximum Gasteiger partial charge on any atom is 0.258 e. The number of amides is 1. The van der Waals surface area contributed by atoms with Gasteiger partial charge in [0.25, 0.3) is 5.91 Å². The molecule has 0 unspecified atom stereocenters. The largest absolute Gasteiger partial charge is 0.472 e. The lowest BCUT2D eigenvalue weighted by atomic mass is 10.00. The van der Waals surface area contributed by atoms with Gasteiger partial charge in [0.15, 0.2) is 0 Å². The molecule has 0 N–H and O–H groups in total. The highest BCUT2D eigenvalue weighted by molar-refractivity contribution is 6.31. The van der Waals surface area contributed by atoms with E-state index in [0.29, 0.717) is 10.6 Å². The van der Waals surface area contributed by atoms with Crippen molar-refractivity contribution in [2.24, 2.45) is 0 Å². The number of piperidine rings is 1. The van der Waals surface area contributed by atoms with Gasteiger partial charge < -0.3 is 9.32 Å². The third-order valence-electron chi connectivity index (χ3n) is 5.51. The number of likely N-dealkylation sites (tertiary alicyclic amines) is 1. The van der Waals surface area contributed by atoms with Gasteiger partial charge in [0.1, 0.15) is 0 Å². The standard InChI is InChI=1S/C24H25ClN2O2/c1-18-5-7-22(8-6-18)27(24(28)20-3-2-4-21(25)15-20)23-9-12-26(13-10-23)16-19-11-14-29-17-19/h2-8,11,14-15,17,23H,9-10,12-13,16H2,1H3. The van der Waals surface area contributed by atoms with Crippen LogP contribution < -0.4 is 4.90 Å². The summed E-state index contributed by atoms with van der Waals surface area (Å²) in [6, 6.07) is 17.6. The van der Waals surface area contributed by atoms with Gasteiger partial charge in [-0.1, -0.05) is 35.4 Å². The van der Waals surface area contributed by atoms with E-state index in [2.05, 4.69) is 24.0 Å². The molecule has 150 valence electrons. The number of rotatable bonds is 5. The first-order valence-electron chi connectivity index (χ1n) is 9.99. The molecule has 2 heterocycles. The molecule has 3 aromatic rings. The third kappa shape index (κ3) is 4.72. The van der Waals surface area contributed by atoms with Crippen LogP contribution in [0.3, 0.4) is 0 Å². The molecule has 4 rings (SSSR count). The summed E-state index contributed by atoms with van der Waals surface area (Å²) in [6.07, 6.45) is 5.37. The van der Waals surface area contributed by atoms with Gasteiger partial charge in [0, 0.05) is 47.5 Å². The van der Waals surface area contributed by atoms with Gasteiger partial charge in [-0.2, -0.15) is 0 Å². The fraction of sp³-hybridized carbons (Fsp3) is 0.292. The molecule has 0 aliphatic carbocycles. The SMILES string of the molecule is Cc1ccc(N(C(=O)c2cccc(Cl)c2)C2CCN(Cc3ccoc3)CC2)cc1. The minimum atomic E-state index is 0.00429. The molecule has 4 nitrogen and oxygen atoms in total. The first-order chi connectivity index (χ1) is 14.1. The minimum absolute atomic E-state index is 0.00429. The highest BCUT2D eigenvalue weighted by Gasteiger charge is 2.30. The Morgan fingerprint density at radius 3 is 2.55 bits per heavy atom. The van der Waals surface area contributed by atoms with Crippen LogP contribution in [-0.4, -0.2) is 29.9 Å². The number of aryl methyl sites for hydroxylation is 1. The summed E-state index contributed by atoms with van der Waals surface area (Å²) in [5.41, 5.74) is 3.93. The van der Waals surface area contributed by atoms with Crippen molar-refractivity contribution in [3.63, 3.8) is 0 Å². The van der Waals surface area contributed by atoms with Crippen molar-refractivity contribution in [2.45, 2.75) is 32.4 Å². The van der Waals surface area contributed by atoms with Gasteiger partial charge in [-0.05, 0) is 56.2 Å². The number of carbonyl (C=O) groups is 1. The lowest BCUT2D eigenvalue weighted by Gasteiger charge is -2.38. The molecule has 29 heavy (non-hydrogen) atoms. The first kappa shape index (κ1) is 19.7. The van der Waals surface area contributed by atoms with E-state index >= 15 is 0 Å². The topological polar surface area (TPSA) is 36.7 Å². The van der Waals surface area contributed by atoms with E-state index in [-0.39, 0.29) is 11.9 Å². The second-order valence-corrected chi connectivity index (χ2v) is 8.10. The Morgan fingerprint density at radius 1 is 1.14 bits per heavy atom. The Bertz CT molecular complexity index is 945. The predicted molar refractivity (Wildman–Crippen MR) is 116 cm³/mol. The molecule has 1 amide bonds. The van der Waals surface area contributed by atoms with Crippen LogP contribution in [-0.2, 0) is 6.54 Å². The van der Waals surface area contributed by atoms with Crippen molar-refractivity contribution in [1.82, 2.24) is 4.90 Å². The molecule has 1 aromatic heterocycles. The molecular weight excluding hydrogens is 384 g/mol. The van der Waals surface area contributed by atoms with Crippen molar-refractivity contribution < 1.29 is 9.21 Å². The fourth-order valence-electron chi connectivity index (χ4n) is 3.94. The molecule has 0 spiro atoms. The van der Waals surface area contributed by atoms with Crippen LogP contribution in [0.5, 0.6) is 0 Å². The first-order valence-corrected chi connectivity index (χ1v) is 10.4. The Balaban J connectivity index is 1.54. The summed E-state index contributed by atoms with van der Waals surface area (Å²) in [5, 5.41) is 0.578. The molecular formula is C24H25ClN2O2. The van der Waals surface area contributed by atoms with Crippen molar-refractivity contribution in [3.05, 3.63) is 88.8 Å². The van der Waals surface area contributed by atoms with E-state index in [4.69, 9.17) is 16.0 Å². The average molecular weight is 409 g/mol. The quantitative estimate of drug-likeness (QED) is 0.555. The number of anilines is 1. The summed E-state index contributed by atoms with van der Waals surface area (Å²) in [5.74, 6) is 0.00429. The van der Waals surface area contributed by atoms with Crippen LogP contribution in [0.1, 0.15) is 34.3 Å². The number of furan rings is 1. The van der Waals surface area contributed by atoms with Crippen LogP contribution in [0.2, 0.25) is 5.02 Å². The van der Waals surface area contributed by atoms with Crippen LogP contribution in [0.4, 0.5) is 5.69 Å². The summed E-state index contributed by atoms with van der Waals surface area (Å²) >= 11 is 6.15. The van der Waals surface area contributed by atoms with Crippen molar-refractivity contribution >= 4 is 23.2 Å². The Morgan fingerprint density at radius 2 is 1.90 bits per heavy atom. The average Bonchev–Trinajstić information content (AvgIpc) is 3.24. The lowest BCUT2D eigenvalue weighted by Crippen LogP contribution is -2.47. The fourth-order valence-corrected chi connectivity index (χ4v) is 4.13. The van der Waals surface area contributed by atoms with E-state index < -0.39 is 0 Å². The van der Waals surface area contributed by atoms with E-state index in [9.17, 15) is 4.79 Å². The maximum atomic E-state index is 13.5. The number of nitrogens with zero attached hydrogens (tertiary/aromatic N) is 2. The number of halogens is 1. The summed E-state index contributed by atoms with van der Waals surface area (Å²) < 4.78 is 5.18. The summed E-state index contributed by atoms with van der Waals surface area (Å²) in [6.45, 7) is 4.83. The lowest BCUT2D eigenvalue weighted by molar-refractivity contribution is 0.0958. The number of benzene rings is 2. The normalized spacial score (nSPS) is 15.4. The van der Waals surface area contributed by atoms with E-state index in [1.807, 2.05) is 35.2 Å². The highest BCUT2D eigenvalue weighted by atomic mass is 35.5. The van der Waals surface area contributed by atoms with Crippen LogP contribution >= 0.6 is 11.6 Å². The smallest absolute Gasteiger partial charge is 0.258 e. The zero-order valence-electron chi connectivity index (χ0n) is 16.6. The molecule has 0 atom stereocenters. The molecule has 2 aromatic carbocycles. The number of hydrogen-bond acceptors (Lipinski definition) is 3. The summed E-state index contributed by atoms with van der Waals surface area (Å²) in [7, 11) is 0. The molecule has 1 saturated heterocycles. The zero-order valence-corrected chi connectivity index (χ0v) is 17.3.